The van der Waals surface area contributed by atoms with E-state index in [0.717, 1.165) is 0 Å². The third kappa shape index (κ3) is 5.06. The van der Waals surface area contributed by atoms with Crippen LogP contribution in [0.25, 0.3) is 0 Å². The van der Waals surface area contributed by atoms with Crippen molar-refractivity contribution in [3.63, 3.8) is 0 Å². The number of piperidine rings is 1. The van der Waals surface area contributed by atoms with Crippen LogP contribution >= 0.6 is 11.6 Å². The number of halogens is 1. The molecule has 3 heterocycles. The molecule has 1 aromatic rings. The molecule has 1 saturated heterocycles. The summed E-state index contributed by atoms with van der Waals surface area (Å²) in [6, 6.07) is 1.67. The van der Waals surface area contributed by atoms with Crippen molar-refractivity contribution < 1.29 is 24.2 Å². The molecule has 8 nitrogen and oxygen atoms in total. The van der Waals surface area contributed by atoms with E-state index in [9.17, 15) is 14.7 Å². The van der Waals surface area contributed by atoms with Crippen LogP contribution in [0, 0.1) is 5.92 Å². The van der Waals surface area contributed by atoms with E-state index in [-0.39, 0.29) is 23.6 Å². The predicted octanol–water partition coefficient (Wildman–Crippen LogP) is 4.37. The molecule has 1 aromatic heterocycles. The number of anilines is 1. The highest BCUT2D eigenvalue weighted by molar-refractivity contribution is 6.30. The zero-order chi connectivity index (χ0) is 23.2. The van der Waals surface area contributed by atoms with Crippen molar-refractivity contribution in [3.8, 4) is 0 Å². The van der Waals surface area contributed by atoms with Gasteiger partial charge in [0.1, 0.15) is 16.4 Å². The van der Waals surface area contributed by atoms with Crippen molar-refractivity contribution in [3.05, 3.63) is 23.0 Å². The van der Waals surface area contributed by atoms with Gasteiger partial charge in [0.25, 0.3) is 0 Å². The van der Waals surface area contributed by atoms with E-state index in [1.807, 2.05) is 20.8 Å². The maximum absolute atomic E-state index is 13.1. The zero-order valence-corrected chi connectivity index (χ0v) is 19.8. The molecule has 0 unspecified atom stereocenters. The smallest absolute Gasteiger partial charge is 0.417 e. The molecule has 0 spiro atoms. The van der Waals surface area contributed by atoms with E-state index in [0.29, 0.717) is 37.2 Å². The number of likely N-dealkylation sites (tertiary alicyclic amines) is 1. The predicted molar refractivity (Wildman–Crippen MR) is 117 cm³/mol. The summed E-state index contributed by atoms with van der Waals surface area (Å²) in [5.41, 5.74) is -1.69. The van der Waals surface area contributed by atoms with Crippen LogP contribution in [-0.4, -0.2) is 57.2 Å². The second-order valence-corrected chi connectivity index (χ2v) is 10.6. The van der Waals surface area contributed by atoms with Gasteiger partial charge < -0.3 is 19.5 Å². The van der Waals surface area contributed by atoms with Crippen molar-refractivity contribution in [2.45, 2.75) is 77.7 Å². The Hall–Kier alpha value is -2.06. The molecule has 2 aliphatic rings. The number of hydrogen-bond acceptors (Lipinski definition) is 6. The van der Waals surface area contributed by atoms with Crippen LogP contribution in [0.15, 0.2) is 12.3 Å². The highest BCUT2D eigenvalue weighted by atomic mass is 35.5. The van der Waals surface area contributed by atoms with Crippen molar-refractivity contribution in [2.75, 3.05) is 18.0 Å². The normalized spacial score (nSPS) is 22.3. The first kappa shape index (κ1) is 23.6. The minimum absolute atomic E-state index is 0.158. The molecular weight excluding hydrogens is 422 g/mol. The summed E-state index contributed by atoms with van der Waals surface area (Å²) in [4.78, 5) is 32.6. The second-order valence-electron chi connectivity index (χ2n) is 10.2. The summed E-state index contributed by atoms with van der Waals surface area (Å²) >= 11 is 6.29. The maximum Gasteiger partial charge on any atom is 0.417 e. The van der Waals surface area contributed by atoms with Crippen LogP contribution in [0.3, 0.4) is 0 Å². The number of fused-ring (bicyclic) bond motifs is 1. The first-order valence-corrected chi connectivity index (χ1v) is 11.0. The molecule has 1 N–H and O–H groups in total. The fourth-order valence-electron chi connectivity index (χ4n) is 4.12. The number of pyridine rings is 1. The van der Waals surface area contributed by atoms with Crippen LogP contribution < -0.4 is 4.90 Å². The molecule has 1 fully saturated rings. The van der Waals surface area contributed by atoms with Crippen LogP contribution in [0.2, 0.25) is 5.15 Å². The first-order valence-electron chi connectivity index (χ1n) is 10.6. The van der Waals surface area contributed by atoms with E-state index >= 15 is 0 Å². The fraction of sp³-hybridized carbons (Fsp3) is 0.682. The zero-order valence-electron chi connectivity index (χ0n) is 19.1. The summed E-state index contributed by atoms with van der Waals surface area (Å²) in [5.74, 6) is -0.276. The van der Waals surface area contributed by atoms with Gasteiger partial charge in [-0.2, -0.15) is 0 Å². The number of aromatic nitrogens is 1. The molecule has 1 atom stereocenters. The Balaban J connectivity index is 1.83. The lowest BCUT2D eigenvalue weighted by Gasteiger charge is -2.44. The Morgan fingerprint density at radius 1 is 1.10 bits per heavy atom. The highest BCUT2D eigenvalue weighted by Gasteiger charge is 2.53. The number of aliphatic hydroxyl groups is 1. The van der Waals surface area contributed by atoms with Gasteiger partial charge in [-0.25, -0.2) is 19.5 Å². The third-order valence-electron chi connectivity index (χ3n) is 5.42. The van der Waals surface area contributed by atoms with Crippen molar-refractivity contribution >= 4 is 29.5 Å². The topological polar surface area (TPSA) is 92.2 Å². The summed E-state index contributed by atoms with van der Waals surface area (Å²) in [7, 11) is 0. The van der Waals surface area contributed by atoms with Gasteiger partial charge in [-0.05, 0) is 60.5 Å². The molecule has 0 aliphatic carbocycles. The summed E-state index contributed by atoms with van der Waals surface area (Å²) < 4.78 is 11.1. The molecule has 2 aliphatic heterocycles. The molecule has 0 bridgehead atoms. The Bertz CT molecular complexity index is 856. The molecule has 31 heavy (non-hydrogen) atoms. The summed E-state index contributed by atoms with van der Waals surface area (Å²) in [6.07, 6.45) is 1.68. The first-order chi connectivity index (χ1) is 14.2. The molecule has 9 heteroatoms. The van der Waals surface area contributed by atoms with Gasteiger partial charge in [-0.15, -0.1) is 0 Å². The molecule has 0 aromatic carbocycles. The Morgan fingerprint density at radius 2 is 1.65 bits per heavy atom. The van der Waals surface area contributed by atoms with Gasteiger partial charge in [0.15, 0.2) is 5.72 Å². The Morgan fingerprint density at radius 3 is 2.19 bits per heavy atom. The number of rotatable bonds is 1. The molecule has 2 amide bonds. The minimum Gasteiger partial charge on any atom is -0.444 e. The lowest BCUT2D eigenvalue weighted by molar-refractivity contribution is -0.0464. The van der Waals surface area contributed by atoms with E-state index in [2.05, 4.69) is 4.98 Å². The molecular formula is C22H32ClN3O5. The number of ether oxygens (including phenoxy) is 2. The van der Waals surface area contributed by atoms with E-state index in [4.69, 9.17) is 21.1 Å². The van der Waals surface area contributed by atoms with Crippen LogP contribution in [0.1, 0.15) is 59.9 Å². The van der Waals surface area contributed by atoms with Crippen LogP contribution in [-0.2, 0) is 15.9 Å². The number of nitrogens with zero attached hydrogens (tertiary/aromatic N) is 3. The molecule has 172 valence electrons. The fourth-order valence-corrected chi connectivity index (χ4v) is 4.34. The third-order valence-corrected chi connectivity index (χ3v) is 5.75. The largest absolute Gasteiger partial charge is 0.444 e. The second kappa shape index (κ2) is 8.13. The van der Waals surface area contributed by atoms with Crippen LogP contribution in [0.5, 0.6) is 0 Å². The number of hydrogen-bond donors (Lipinski definition) is 1. The van der Waals surface area contributed by atoms with Gasteiger partial charge in [0.05, 0.1) is 5.69 Å². The number of carbonyl (C=O) groups is 2. The van der Waals surface area contributed by atoms with Crippen molar-refractivity contribution in [2.24, 2.45) is 5.92 Å². The van der Waals surface area contributed by atoms with Crippen molar-refractivity contribution in [1.29, 1.82) is 0 Å². The standard InChI is InChI=1S/C22H32ClN3O5/c1-20(2,3)30-18(27)25-11-8-14(9-12-25)22(29)13-15-16(7-10-24-17(15)23)26(22)19(28)31-21(4,5)6/h7,10,14,29H,8-9,11-13H2,1-6H3/t22-/m1/s1. The summed E-state index contributed by atoms with van der Waals surface area (Å²) in [5, 5.41) is 12.1. The Labute approximate surface area is 188 Å². The van der Waals surface area contributed by atoms with Gasteiger partial charge in [-0.1, -0.05) is 11.6 Å². The van der Waals surface area contributed by atoms with Crippen LogP contribution in [0.4, 0.5) is 15.3 Å². The molecule has 3 rings (SSSR count). The summed E-state index contributed by atoms with van der Waals surface area (Å²) in [6.45, 7) is 11.7. The lowest BCUT2D eigenvalue weighted by atomic mass is 9.84. The van der Waals surface area contributed by atoms with E-state index in [1.54, 1.807) is 31.7 Å². The number of amides is 2. The van der Waals surface area contributed by atoms with Crippen molar-refractivity contribution in [1.82, 2.24) is 9.88 Å². The Kier molecular flexibility index (Phi) is 6.19. The average molecular weight is 454 g/mol. The van der Waals surface area contributed by atoms with Gasteiger partial charge in [-0.3, -0.25) is 0 Å². The average Bonchev–Trinajstić information content (AvgIpc) is 2.94. The quantitative estimate of drug-likeness (QED) is 0.635. The SMILES string of the molecule is CC(C)(C)OC(=O)N1CCC([C@]2(O)Cc3c(ccnc3Cl)N2C(=O)OC(C)(C)C)CC1. The van der Waals surface area contributed by atoms with E-state index in [1.165, 1.54) is 11.1 Å². The maximum atomic E-state index is 13.1. The van der Waals surface area contributed by atoms with Gasteiger partial charge >= 0.3 is 12.2 Å². The lowest BCUT2D eigenvalue weighted by Crippen LogP contribution is -2.58. The molecule has 0 saturated carbocycles. The highest BCUT2D eigenvalue weighted by Crippen LogP contribution is 2.47. The van der Waals surface area contributed by atoms with Gasteiger partial charge in [0.2, 0.25) is 0 Å². The number of carbonyl (C=O) groups excluding carboxylic acids is 2. The monoisotopic (exact) mass is 453 g/mol. The van der Waals surface area contributed by atoms with E-state index < -0.39 is 23.0 Å². The van der Waals surface area contributed by atoms with Gasteiger partial charge in [0, 0.05) is 37.2 Å². The molecule has 0 radical (unpaired) electrons. The minimum atomic E-state index is -1.52.